The van der Waals surface area contributed by atoms with E-state index < -0.39 is 6.17 Å². The van der Waals surface area contributed by atoms with E-state index in [1.807, 2.05) is 0 Å². The summed E-state index contributed by atoms with van der Waals surface area (Å²) in [5, 5.41) is 7.08. The lowest BCUT2D eigenvalue weighted by Gasteiger charge is -2.26. The summed E-state index contributed by atoms with van der Waals surface area (Å²) in [6, 6.07) is 0. The first kappa shape index (κ1) is 15.0. The predicted octanol–water partition coefficient (Wildman–Crippen LogP) is 1.62. The lowest BCUT2D eigenvalue weighted by molar-refractivity contribution is 0.0965. The van der Waals surface area contributed by atoms with Gasteiger partial charge in [-0.15, -0.1) is 0 Å². The zero-order valence-electron chi connectivity index (χ0n) is 13.3. The Bertz CT molecular complexity index is 744. The number of carbonyl (C=O) groups excluding carboxylic acids is 1. The molecule has 2 aromatic rings. The van der Waals surface area contributed by atoms with E-state index in [-0.39, 0.29) is 5.91 Å². The van der Waals surface area contributed by atoms with Crippen LogP contribution in [0.25, 0.3) is 5.82 Å². The first-order chi connectivity index (χ1) is 11.7. The number of fused-ring (bicyclic) bond motifs is 1. The lowest BCUT2D eigenvalue weighted by Crippen LogP contribution is -2.30. The molecule has 1 amide bonds. The Morgan fingerprint density at radius 3 is 2.75 bits per heavy atom. The lowest BCUT2D eigenvalue weighted by atomic mass is 10.1. The normalized spacial score (nSPS) is 21.1. The second-order valence-electron chi connectivity index (χ2n) is 6.22. The van der Waals surface area contributed by atoms with E-state index in [1.165, 1.54) is 0 Å². The van der Waals surface area contributed by atoms with Gasteiger partial charge in [0.25, 0.3) is 5.91 Å². The van der Waals surface area contributed by atoms with Gasteiger partial charge in [-0.3, -0.25) is 4.79 Å². The summed E-state index contributed by atoms with van der Waals surface area (Å²) in [5.41, 5.74) is 1.31. The van der Waals surface area contributed by atoms with Crippen LogP contribution in [0.1, 0.15) is 41.7 Å². The molecule has 0 aliphatic carbocycles. The Morgan fingerprint density at radius 1 is 1.12 bits per heavy atom. The Balaban J connectivity index is 1.52. The molecule has 0 aromatic carbocycles. The molecule has 0 radical (unpaired) electrons. The van der Waals surface area contributed by atoms with Crippen LogP contribution in [-0.2, 0) is 6.54 Å². The number of carbonyl (C=O) groups is 1. The van der Waals surface area contributed by atoms with Gasteiger partial charge >= 0.3 is 0 Å². The van der Waals surface area contributed by atoms with Crippen LogP contribution in [0.3, 0.4) is 0 Å². The second-order valence-corrected chi connectivity index (χ2v) is 6.22. The zero-order valence-corrected chi connectivity index (χ0v) is 13.3. The van der Waals surface area contributed by atoms with Gasteiger partial charge in [-0.1, -0.05) is 0 Å². The second kappa shape index (κ2) is 6.18. The summed E-state index contributed by atoms with van der Waals surface area (Å²) in [6.45, 7) is 1.98. The van der Waals surface area contributed by atoms with Crippen LogP contribution in [0.5, 0.6) is 0 Å². The Morgan fingerprint density at radius 2 is 1.96 bits per heavy atom. The van der Waals surface area contributed by atoms with E-state index in [0.717, 1.165) is 30.9 Å². The van der Waals surface area contributed by atoms with Crippen molar-refractivity contribution >= 4 is 11.7 Å². The molecule has 1 unspecified atom stereocenters. The first-order valence-electron chi connectivity index (χ1n) is 8.29. The topological polar surface area (TPSA) is 75.9 Å². The Hall–Kier alpha value is -2.51. The molecule has 7 nitrogen and oxygen atoms in total. The van der Waals surface area contributed by atoms with Gasteiger partial charge in [0.2, 0.25) is 0 Å². The summed E-state index contributed by atoms with van der Waals surface area (Å²) in [6.07, 6.45) is 7.34. The third-order valence-electron chi connectivity index (χ3n) is 4.54. The number of halogens is 1. The molecule has 24 heavy (non-hydrogen) atoms. The summed E-state index contributed by atoms with van der Waals surface area (Å²) in [4.78, 5) is 22.6. The predicted molar refractivity (Wildman–Crippen MR) is 85.9 cm³/mol. The van der Waals surface area contributed by atoms with Crippen LogP contribution < -0.4 is 10.2 Å². The van der Waals surface area contributed by atoms with E-state index in [1.54, 1.807) is 23.3 Å². The van der Waals surface area contributed by atoms with Gasteiger partial charge in [0.1, 0.15) is 12.0 Å². The average molecular weight is 330 g/mol. The van der Waals surface area contributed by atoms with Gasteiger partial charge in [0.15, 0.2) is 5.82 Å². The number of hydrogen-bond donors (Lipinski definition) is 1. The van der Waals surface area contributed by atoms with Gasteiger partial charge < -0.3 is 10.2 Å². The van der Waals surface area contributed by atoms with E-state index in [9.17, 15) is 9.18 Å². The molecule has 0 spiro atoms. The van der Waals surface area contributed by atoms with Crippen LogP contribution in [0.2, 0.25) is 0 Å². The Labute approximate surface area is 138 Å². The van der Waals surface area contributed by atoms with Crippen LogP contribution in [0.15, 0.2) is 18.6 Å². The highest BCUT2D eigenvalue weighted by molar-refractivity contribution is 5.97. The molecule has 0 saturated carbocycles. The minimum atomic E-state index is -0.724. The SMILES string of the molecule is O=C1NCc2nn(-c3cnc(N4CCCCC(F)CC4)cn3)cc21. The molecule has 1 saturated heterocycles. The van der Waals surface area contributed by atoms with Crippen molar-refractivity contribution in [1.82, 2.24) is 25.1 Å². The number of anilines is 1. The van der Waals surface area contributed by atoms with Crippen molar-refractivity contribution in [2.45, 2.75) is 38.4 Å². The van der Waals surface area contributed by atoms with E-state index in [4.69, 9.17) is 0 Å². The van der Waals surface area contributed by atoms with E-state index in [2.05, 4.69) is 25.3 Å². The standard InChI is InChI=1S/C16H19FN6O/c17-11-3-1-2-5-22(6-4-11)14-8-19-15(9-18-14)23-10-12-13(21-23)7-20-16(12)24/h8-11H,1-7H2,(H,20,24). The third-order valence-corrected chi connectivity index (χ3v) is 4.54. The maximum Gasteiger partial charge on any atom is 0.255 e. The van der Waals surface area contributed by atoms with Crippen molar-refractivity contribution in [1.29, 1.82) is 0 Å². The third kappa shape index (κ3) is 2.83. The molecule has 8 heteroatoms. The number of rotatable bonds is 2. The number of nitrogens with one attached hydrogen (secondary N) is 1. The average Bonchev–Trinajstić information content (AvgIpc) is 3.14. The van der Waals surface area contributed by atoms with Crippen molar-refractivity contribution in [3.63, 3.8) is 0 Å². The molecule has 4 heterocycles. The van der Waals surface area contributed by atoms with Gasteiger partial charge in [-0.05, 0) is 25.7 Å². The summed E-state index contributed by atoms with van der Waals surface area (Å²) in [7, 11) is 0. The quantitative estimate of drug-likeness (QED) is 0.906. The van der Waals surface area contributed by atoms with Gasteiger partial charge in [-0.2, -0.15) is 5.10 Å². The monoisotopic (exact) mass is 330 g/mol. The van der Waals surface area contributed by atoms with E-state index >= 15 is 0 Å². The summed E-state index contributed by atoms with van der Waals surface area (Å²) in [5.74, 6) is 1.21. The highest BCUT2D eigenvalue weighted by Crippen LogP contribution is 2.20. The first-order valence-corrected chi connectivity index (χ1v) is 8.29. The molecule has 0 bridgehead atoms. The molecule has 2 aromatic heterocycles. The fourth-order valence-corrected chi connectivity index (χ4v) is 3.15. The molecule has 1 fully saturated rings. The summed E-state index contributed by atoms with van der Waals surface area (Å²) >= 11 is 0. The van der Waals surface area contributed by atoms with Crippen molar-refractivity contribution in [2.75, 3.05) is 18.0 Å². The molecule has 4 rings (SSSR count). The van der Waals surface area contributed by atoms with Crippen molar-refractivity contribution in [2.24, 2.45) is 0 Å². The smallest absolute Gasteiger partial charge is 0.255 e. The maximum absolute atomic E-state index is 13.6. The highest BCUT2D eigenvalue weighted by Gasteiger charge is 2.23. The van der Waals surface area contributed by atoms with Crippen LogP contribution in [0.4, 0.5) is 10.2 Å². The maximum atomic E-state index is 13.6. The number of alkyl halides is 1. The largest absolute Gasteiger partial charge is 0.355 e. The van der Waals surface area contributed by atoms with Crippen molar-refractivity contribution < 1.29 is 9.18 Å². The number of aromatic nitrogens is 4. The molecule has 126 valence electrons. The zero-order chi connectivity index (χ0) is 16.5. The van der Waals surface area contributed by atoms with Gasteiger partial charge in [-0.25, -0.2) is 19.0 Å². The highest BCUT2D eigenvalue weighted by atomic mass is 19.1. The molecule has 1 N–H and O–H groups in total. The fourth-order valence-electron chi connectivity index (χ4n) is 3.15. The molecule has 2 aliphatic heterocycles. The summed E-state index contributed by atoms with van der Waals surface area (Å²) < 4.78 is 15.2. The minimum Gasteiger partial charge on any atom is -0.355 e. The van der Waals surface area contributed by atoms with Crippen LogP contribution >= 0.6 is 0 Å². The molecule has 1 atom stereocenters. The Kier molecular flexibility index (Phi) is 3.87. The number of amides is 1. The van der Waals surface area contributed by atoms with Crippen molar-refractivity contribution in [3.05, 3.63) is 29.8 Å². The fraction of sp³-hybridized carbons (Fsp3) is 0.500. The minimum absolute atomic E-state index is 0.109. The molecular formula is C16H19FN6O. The van der Waals surface area contributed by atoms with Crippen LogP contribution in [0, 0.1) is 0 Å². The van der Waals surface area contributed by atoms with Crippen molar-refractivity contribution in [3.8, 4) is 5.82 Å². The number of hydrogen-bond acceptors (Lipinski definition) is 5. The molecular weight excluding hydrogens is 311 g/mol. The van der Waals surface area contributed by atoms with E-state index in [0.29, 0.717) is 37.3 Å². The van der Waals surface area contributed by atoms with Gasteiger partial charge in [0, 0.05) is 19.3 Å². The van der Waals surface area contributed by atoms with Crippen LogP contribution in [-0.4, -0.2) is 44.9 Å². The molecule has 2 aliphatic rings. The number of nitrogens with zero attached hydrogens (tertiary/aromatic N) is 5. The van der Waals surface area contributed by atoms with Gasteiger partial charge in [0.05, 0.1) is 30.2 Å².